The molecule has 1 aromatic heterocycles. The van der Waals surface area contributed by atoms with Crippen LogP contribution in [0.4, 0.5) is 23.4 Å². The number of aliphatic hydroxyl groups excluding tert-OH is 1. The number of aromatic nitrogens is 2. The molecule has 1 aliphatic heterocycles. The van der Waals surface area contributed by atoms with Gasteiger partial charge >= 0.3 is 6.18 Å². The number of halogens is 4. The lowest BCUT2D eigenvalue weighted by molar-refractivity contribution is -0.137. The average molecular weight is 635 g/mol. The lowest BCUT2D eigenvalue weighted by Crippen LogP contribution is -2.55. The van der Waals surface area contributed by atoms with Crippen molar-refractivity contribution in [3.8, 4) is 11.9 Å². The second-order valence-corrected chi connectivity index (χ2v) is 10.7. The fourth-order valence-electron chi connectivity index (χ4n) is 5.78. The Kier molecular flexibility index (Phi) is 9.39. The van der Waals surface area contributed by atoms with E-state index in [1.54, 1.807) is 35.9 Å². The van der Waals surface area contributed by atoms with Crippen molar-refractivity contribution in [1.29, 1.82) is 5.26 Å². The van der Waals surface area contributed by atoms with Crippen LogP contribution in [0.2, 0.25) is 0 Å². The van der Waals surface area contributed by atoms with E-state index in [1.807, 2.05) is 12.3 Å². The lowest BCUT2D eigenvalue weighted by Gasteiger charge is -2.39. The Bertz CT molecular complexity index is 1750. The summed E-state index contributed by atoms with van der Waals surface area (Å²) in [5.41, 5.74) is 0.500. The van der Waals surface area contributed by atoms with Crippen molar-refractivity contribution in [1.82, 2.24) is 20.4 Å². The maximum absolute atomic E-state index is 14.3. The average Bonchev–Trinajstić information content (AvgIpc) is 3.44. The lowest BCUT2D eigenvalue weighted by atomic mass is 9.79. The van der Waals surface area contributed by atoms with Crippen LogP contribution >= 0.6 is 0 Å². The summed E-state index contributed by atoms with van der Waals surface area (Å²) in [7, 11) is 0. The molecule has 1 aliphatic rings. The Balaban J connectivity index is 1.75. The molecule has 3 N–H and O–H groups in total. The molecule has 0 unspecified atom stereocenters. The number of carbonyl (C=O) groups excluding carboxylic acids is 2. The van der Waals surface area contributed by atoms with Gasteiger partial charge in [0.15, 0.2) is 6.19 Å². The smallest absolute Gasteiger partial charge is 0.396 e. The molecule has 0 saturated heterocycles. The number of nitriles is 1. The molecule has 3 aromatic carbocycles. The van der Waals surface area contributed by atoms with Gasteiger partial charge in [-0.05, 0) is 67.8 Å². The van der Waals surface area contributed by atoms with Gasteiger partial charge in [-0.15, -0.1) is 0 Å². The van der Waals surface area contributed by atoms with E-state index in [2.05, 4.69) is 10.6 Å². The Labute approximate surface area is 262 Å². The zero-order valence-corrected chi connectivity index (χ0v) is 24.6. The number of carbonyl (C=O) groups is 2. The van der Waals surface area contributed by atoms with E-state index in [-0.39, 0.29) is 25.1 Å². The molecule has 0 fully saturated rings. The highest BCUT2D eigenvalue weighted by Gasteiger charge is 2.47. The molecule has 2 amide bonds. The van der Waals surface area contributed by atoms with Gasteiger partial charge in [0.05, 0.1) is 23.0 Å². The predicted octanol–water partition coefficient (Wildman–Crippen LogP) is 5.21. The monoisotopic (exact) mass is 634 g/mol. The van der Waals surface area contributed by atoms with Gasteiger partial charge in [-0.25, -0.2) is 9.07 Å². The van der Waals surface area contributed by atoms with E-state index in [4.69, 9.17) is 5.10 Å². The van der Waals surface area contributed by atoms with Crippen LogP contribution in [-0.2, 0) is 11.0 Å². The summed E-state index contributed by atoms with van der Waals surface area (Å²) in [4.78, 5) is 29.3. The van der Waals surface area contributed by atoms with Crippen LogP contribution in [0.15, 0.2) is 78.9 Å². The van der Waals surface area contributed by atoms with Crippen molar-refractivity contribution < 1.29 is 32.3 Å². The van der Waals surface area contributed by atoms with Crippen molar-refractivity contribution in [3.05, 3.63) is 113 Å². The van der Waals surface area contributed by atoms with Crippen LogP contribution in [0.1, 0.15) is 64.5 Å². The van der Waals surface area contributed by atoms with Crippen molar-refractivity contribution in [2.24, 2.45) is 0 Å². The summed E-state index contributed by atoms with van der Waals surface area (Å²) < 4.78 is 56.1. The number of amides is 2. The van der Waals surface area contributed by atoms with Crippen molar-refractivity contribution in [3.63, 3.8) is 0 Å². The zero-order chi connectivity index (χ0) is 33.0. The summed E-state index contributed by atoms with van der Waals surface area (Å²) in [5.74, 6) is -2.65. The summed E-state index contributed by atoms with van der Waals surface area (Å²) in [6.45, 7) is 1.69. The maximum atomic E-state index is 14.3. The number of fused-ring (bicyclic) bond motifs is 1. The summed E-state index contributed by atoms with van der Waals surface area (Å²) in [6, 6.07) is 16.1. The molecule has 0 spiro atoms. The van der Waals surface area contributed by atoms with E-state index in [9.17, 15) is 37.5 Å². The maximum Gasteiger partial charge on any atom is 0.416 e. The van der Waals surface area contributed by atoms with Gasteiger partial charge in [0.2, 0.25) is 0 Å². The second kappa shape index (κ2) is 13.4. The minimum Gasteiger partial charge on any atom is -0.396 e. The first-order valence-electron chi connectivity index (χ1n) is 14.6. The SMILES string of the molecule is CCN1C(=O)[C@@H](NC(=O)c2cccc(C(F)(F)F)c2)[C@@H](c2ccc(F)cc2)c2c([C@H](CCCO)NC#N)nn(-c3ccccc3)c21. The van der Waals surface area contributed by atoms with Gasteiger partial charge in [-0.1, -0.05) is 36.4 Å². The molecule has 46 heavy (non-hydrogen) atoms. The van der Waals surface area contributed by atoms with E-state index in [0.29, 0.717) is 40.8 Å². The summed E-state index contributed by atoms with van der Waals surface area (Å²) in [5, 5.41) is 29.5. The molecular formula is C33H30F4N6O3. The topological polar surface area (TPSA) is 123 Å². The predicted molar refractivity (Wildman–Crippen MR) is 160 cm³/mol. The summed E-state index contributed by atoms with van der Waals surface area (Å²) in [6.07, 6.45) is -2.18. The molecule has 0 saturated carbocycles. The molecule has 13 heteroatoms. The number of alkyl halides is 3. The van der Waals surface area contributed by atoms with E-state index < -0.39 is 47.4 Å². The molecule has 0 bridgehead atoms. The fourth-order valence-corrected chi connectivity index (χ4v) is 5.78. The zero-order valence-electron chi connectivity index (χ0n) is 24.6. The molecule has 0 aliphatic carbocycles. The number of hydrogen-bond donors (Lipinski definition) is 3. The van der Waals surface area contributed by atoms with Crippen LogP contribution in [-0.4, -0.2) is 45.9 Å². The number of nitrogens with zero attached hydrogens (tertiary/aromatic N) is 4. The van der Waals surface area contributed by atoms with Gasteiger partial charge < -0.3 is 15.7 Å². The van der Waals surface area contributed by atoms with Crippen molar-refractivity contribution in [2.75, 3.05) is 18.1 Å². The van der Waals surface area contributed by atoms with Crippen LogP contribution < -0.4 is 15.5 Å². The molecule has 0 radical (unpaired) electrons. The third-order valence-electron chi connectivity index (χ3n) is 7.86. The second-order valence-electron chi connectivity index (χ2n) is 10.7. The molecular weight excluding hydrogens is 604 g/mol. The first kappa shape index (κ1) is 32.2. The van der Waals surface area contributed by atoms with Gasteiger partial charge in [0.25, 0.3) is 11.8 Å². The first-order valence-corrected chi connectivity index (χ1v) is 14.6. The number of para-hydroxylation sites is 1. The molecule has 9 nitrogen and oxygen atoms in total. The van der Waals surface area contributed by atoms with Gasteiger partial charge in [0, 0.05) is 30.2 Å². The molecule has 238 valence electrons. The Morgan fingerprint density at radius 2 is 1.80 bits per heavy atom. The quantitative estimate of drug-likeness (QED) is 0.125. The number of nitrogens with one attached hydrogen (secondary N) is 2. The van der Waals surface area contributed by atoms with Gasteiger partial charge in [-0.3, -0.25) is 14.5 Å². The van der Waals surface area contributed by atoms with Gasteiger partial charge in [-0.2, -0.15) is 23.5 Å². The third-order valence-corrected chi connectivity index (χ3v) is 7.86. The third kappa shape index (κ3) is 6.29. The van der Waals surface area contributed by atoms with E-state index >= 15 is 0 Å². The van der Waals surface area contributed by atoms with E-state index in [0.717, 1.165) is 12.1 Å². The van der Waals surface area contributed by atoms with E-state index in [1.165, 1.54) is 35.2 Å². The number of hydrogen-bond acceptors (Lipinski definition) is 6. The van der Waals surface area contributed by atoms with Crippen molar-refractivity contribution in [2.45, 2.75) is 43.9 Å². The van der Waals surface area contributed by atoms with Crippen LogP contribution in [0.3, 0.4) is 0 Å². The number of benzene rings is 3. The normalized spacial score (nSPS) is 16.8. The minimum atomic E-state index is -4.69. The highest BCUT2D eigenvalue weighted by molar-refractivity contribution is 6.05. The number of likely N-dealkylation sites (N-methyl/N-ethyl adjacent to an activating group) is 1. The van der Waals surface area contributed by atoms with Crippen molar-refractivity contribution >= 4 is 17.6 Å². The van der Waals surface area contributed by atoms with Crippen LogP contribution in [0.5, 0.6) is 0 Å². The van der Waals surface area contributed by atoms with Crippen LogP contribution in [0.25, 0.3) is 5.69 Å². The number of anilines is 1. The van der Waals surface area contributed by atoms with Crippen LogP contribution in [0, 0.1) is 17.3 Å². The first-order chi connectivity index (χ1) is 22.1. The fraction of sp³-hybridized carbons (Fsp3) is 0.273. The molecule has 2 heterocycles. The highest BCUT2D eigenvalue weighted by Crippen LogP contribution is 2.45. The molecule has 5 rings (SSSR count). The largest absolute Gasteiger partial charge is 0.416 e. The standard InChI is InChI=1S/C33H30F4N6O3/c1-2-42-31-27(28(25(39-19-38)12-7-17-44)41-43(31)24-10-4-3-5-11-24)26(20-13-15-23(34)16-14-20)29(32(42)46)40-30(45)21-8-6-9-22(18-21)33(35,36)37/h3-6,8-11,13-16,18,25-26,29,39,44H,2,7,12,17H2,1H3,(H,40,45)/t25-,26-,29-/m0/s1. The minimum absolute atomic E-state index is 0.128. The highest BCUT2D eigenvalue weighted by atomic mass is 19.4. The molecule has 3 atom stereocenters. The Hall–Kier alpha value is -5.22. The number of rotatable bonds is 10. The van der Waals surface area contributed by atoms with Gasteiger partial charge in [0.1, 0.15) is 17.7 Å². The number of aliphatic hydroxyl groups is 1. The molecule has 4 aromatic rings. The summed E-state index contributed by atoms with van der Waals surface area (Å²) >= 11 is 0. The Morgan fingerprint density at radius 3 is 2.43 bits per heavy atom. The Morgan fingerprint density at radius 1 is 1.09 bits per heavy atom.